The Kier molecular flexibility index (Phi) is 8.11. The average Bonchev–Trinajstić information content (AvgIpc) is 2.42. The molecule has 0 saturated carbocycles. The molecule has 1 amide bonds. The lowest BCUT2D eigenvalue weighted by Crippen LogP contribution is -2.39. The van der Waals surface area contributed by atoms with E-state index in [0.717, 1.165) is 25.9 Å². The molecule has 0 aromatic carbocycles. The summed E-state index contributed by atoms with van der Waals surface area (Å²) in [5.74, 6) is 0.346. The summed E-state index contributed by atoms with van der Waals surface area (Å²) in [5, 5.41) is 3.52. The van der Waals surface area contributed by atoms with Crippen LogP contribution in [-0.4, -0.2) is 36.0 Å². The van der Waals surface area contributed by atoms with Crippen molar-refractivity contribution in [3.63, 3.8) is 0 Å². The molecule has 19 heavy (non-hydrogen) atoms. The van der Waals surface area contributed by atoms with Gasteiger partial charge in [-0.05, 0) is 46.1 Å². The molecule has 0 aromatic heterocycles. The third-order valence-electron chi connectivity index (χ3n) is 4.07. The van der Waals surface area contributed by atoms with Gasteiger partial charge in [0.25, 0.3) is 0 Å². The summed E-state index contributed by atoms with van der Waals surface area (Å²) >= 11 is 0. The molecule has 1 N–H and O–H groups in total. The van der Waals surface area contributed by atoms with Gasteiger partial charge in [-0.1, -0.05) is 26.2 Å². The first-order valence-corrected chi connectivity index (χ1v) is 8.18. The summed E-state index contributed by atoms with van der Waals surface area (Å²) in [5.41, 5.74) is 0. The molecular weight excluding hydrogens is 236 g/mol. The zero-order valence-electron chi connectivity index (χ0n) is 13.1. The Balaban J connectivity index is 2.29. The van der Waals surface area contributed by atoms with Crippen molar-refractivity contribution in [2.45, 2.75) is 84.2 Å². The van der Waals surface area contributed by atoms with Crippen LogP contribution in [0.2, 0.25) is 0 Å². The second kappa shape index (κ2) is 9.35. The van der Waals surface area contributed by atoms with Crippen molar-refractivity contribution in [3.05, 3.63) is 0 Å². The Morgan fingerprint density at radius 3 is 2.68 bits per heavy atom. The molecule has 0 aliphatic carbocycles. The summed E-state index contributed by atoms with van der Waals surface area (Å²) in [7, 11) is 0. The first kappa shape index (κ1) is 16.5. The van der Waals surface area contributed by atoms with Crippen LogP contribution in [0.15, 0.2) is 0 Å². The van der Waals surface area contributed by atoms with Crippen molar-refractivity contribution in [2.75, 3.05) is 13.1 Å². The third kappa shape index (κ3) is 6.42. The lowest BCUT2D eigenvalue weighted by atomic mass is 10.00. The van der Waals surface area contributed by atoms with Gasteiger partial charge in [0.05, 0.1) is 0 Å². The van der Waals surface area contributed by atoms with Gasteiger partial charge >= 0.3 is 0 Å². The van der Waals surface area contributed by atoms with Gasteiger partial charge in [0.15, 0.2) is 0 Å². The van der Waals surface area contributed by atoms with E-state index in [1.54, 1.807) is 0 Å². The van der Waals surface area contributed by atoms with Crippen LogP contribution in [0.5, 0.6) is 0 Å². The molecule has 3 heteroatoms. The highest BCUT2D eigenvalue weighted by atomic mass is 16.2. The molecule has 1 rings (SSSR count). The summed E-state index contributed by atoms with van der Waals surface area (Å²) in [6.07, 6.45) is 9.15. The zero-order valence-corrected chi connectivity index (χ0v) is 13.1. The highest BCUT2D eigenvalue weighted by Crippen LogP contribution is 2.14. The van der Waals surface area contributed by atoms with E-state index in [2.05, 4.69) is 31.0 Å². The molecule has 1 atom stereocenters. The van der Waals surface area contributed by atoms with Crippen LogP contribution in [0.1, 0.15) is 72.1 Å². The van der Waals surface area contributed by atoms with Crippen LogP contribution in [0.4, 0.5) is 0 Å². The number of nitrogens with one attached hydrogen (secondary N) is 1. The number of unbranched alkanes of at least 4 members (excludes halogenated alkanes) is 2. The lowest BCUT2D eigenvalue weighted by molar-refractivity contribution is -0.133. The molecule has 0 radical (unpaired) electrons. The van der Waals surface area contributed by atoms with E-state index in [9.17, 15) is 4.79 Å². The predicted molar refractivity (Wildman–Crippen MR) is 81.2 cm³/mol. The van der Waals surface area contributed by atoms with Crippen molar-refractivity contribution >= 4 is 5.91 Å². The van der Waals surface area contributed by atoms with Crippen LogP contribution in [0.3, 0.4) is 0 Å². The minimum atomic E-state index is 0.337. The fourth-order valence-electron chi connectivity index (χ4n) is 2.81. The van der Waals surface area contributed by atoms with Crippen LogP contribution < -0.4 is 5.32 Å². The Hall–Kier alpha value is -0.570. The molecule has 0 aromatic rings. The number of piperidine rings is 1. The highest BCUT2D eigenvalue weighted by Gasteiger charge is 2.19. The summed E-state index contributed by atoms with van der Waals surface area (Å²) in [4.78, 5) is 14.4. The number of carbonyl (C=O) groups is 1. The lowest BCUT2D eigenvalue weighted by Gasteiger charge is -2.28. The van der Waals surface area contributed by atoms with E-state index in [-0.39, 0.29) is 0 Å². The smallest absolute Gasteiger partial charge is 0.222 e. The first-order chi connectivity index (χ1) is 9.15. The molecule has 112 valence electrons. The second-order valence-corrected chi connectivity index (χ2v) is 6.07. The van der Waals surface area contributed by atoms with Crippen molar-refractivity contribution in [3.8, 4) is 0 Å². The maximum atomic E-state index is 12.3. The number of carbonyl (C=O) groups excluding carboxylic acids is 1. The molecule has 1 unspecified atom stereocenters. The van der Waals surface area contributed by atoms with E-state index in [4.69, 9.17) is 0 Å². The molecule has 1 aliphatic rings. The largest absolute Gasteiger partial charge is 0.340 e. The van der Waals surface area contributed by atoms with Crippen molar-refractivity contribution in [1.29, 1.82) is 0 Å². The fourth-order valence-corrected chi connectivity index (χ4v) is 2.81. The van der Waals surface area contributed by atoms with E-state index < -0.39 is 0 Å². The monoisotopic (exact) mass is 268 g/mol. The van der Waals surface area contributed by atoms with E-state index in [0.29, 0.717) is 24.4 Å². The predicted octanol–water partition coefficient (Wildman–Crippen LogP) is 3.34. The van der Waals surface area contributed by atoms with Gasteiger partial charge in [0.1, 0.15) is 0 Å². The number of nitrogens with zero attached hydrogens (tertiary/aromatic N) is 1. The van der Waals surface area contributed by atoms with Crippen LogP contribution in [0, 0.1) is 0 Å². The Morgan fingerprint density at radius 1 is 1.32 bits per heavy atom. The molecular formula is C16H32N2O. The van der Waals surface area contributed by atoms with Gasteiger partial charge in [-0.25, -0.2) is 0 Å². The number of amides is 1. The zero-order chi connectivity index (χ0) is 14.1. The molecule has 1 saturated heterocycles. The molecule has 3 nitrogen and oxygen atoms in total. The van der Waals surface area contributed by atoms with Gasteiger partial charge < -0.3 is 10.2 Å². The normalized spacial score (nSPS) is 19.7. The summed E-state index contributed by atoms with van der Waals surface area (Å²) in [6.45, 7) is 8.52. The van der Waals surface area contributed by atoms with Crippen LogP contribution in [0.25, 0.3) is 0 Å². The molecule has 1 fully saturated rings. The average molecular weight is 268 g/mol. The maximum absolute atomic E-state index is 12.3. The Morgan fingerprint density at radius 2 is 2.11 bits per heavy atom. The van der Waals surface area contributed by atoms with Gasteiger partial charge in [0.2, 0.25) is 5.91 Å². The summed E-state index contributed by atoms with van der Waals surface area (Å²) < 4.78 is 0. The van der Waals surface area contributed by atoms with Gasteiger partial charge in [-0.15, -0.1) is 0 Å². The van der Waals surface area contributed by atoms with E-state index in [1.807, 2.05) is 0 Å². The number of hydrogen-bond acceptors (Lipinski definition) is 2. The van der Waals surface area contributed by atoms with Gasteiger partial charge in [-0.2, -0.15) is 0 Å². The topological polar surface area (TPSA) is 32.3 Å². The summed E-state index contributed by atoms with van der Waals surface area (Å²) in [6, 6.07) is 0.908. The number of hydrogen-bond donors (Lipinski definition) is 1. The molecule has 0 bridgehead atoms. The van der Waals surface area contributed by atoms with E-state index in [1.165, 1.54) is 32.1 Å². The van der Waals surface area contributed by atoms with Crippen molar-refractivity contribution in [1.82, 2.24) is 10.2 Å². The standard InChI is InChI=1S/C16H32N2O/c1-4-5-8-13-18(14(2)3)16(19)11-10-15-9-6-7-12-17-15/h14-15,17H,4-13H2,1-3H3. The fraction of sp³-hybridized carbons (Fsp3) is 0.938. The third-order valence-corrected chi connectivity index (χ3v) is 4.07. The minimum absolute atomic E-state index is 0.337. The Bertz CT molecular complexity index is 247. The highest BCUT2D eigenvalue weighted by molar-refractivity contribution is 5.76. The maximum Gasteiger partial charge on any atom is 0.222 e. The van der Waals surface area contributed by atoms with Gasteiger partial charge in [0, 0.05) is 25.0 Å². The molecule has 0 spiro atoms. The second-order valence-electron chi connectivity index (χ2n) is 6.07. The minimum Gasteiger partial charge on any atom is -0.340 e. The quantitative estimate of drug-likeness (QED) is 0.685. The van der Waals surface area contributed by atoms with Gasteiger partial charge in [-0.3, -0.25) is 4.79 Å². The van der Waals surface area contributed by atoms with E-state index >= 15 is 0 Å². The SMILES string of the molecule is CCCCCN(C(=O)CCC1CCCCN1)C(C)C. The van der Waals surface area contributed by atoms with Crippen molar-refractivity contribution in [2.24, 2.45) is 0 Å². The van der Waals surface area contributed by atoms with Crippen LogP contribution in [-0.2, 0) is 4.79 Å². The first-order valence-electron chi connectivity index (χ1n) is 8.18. The molecule has 1 aliphatic heterocycles. The number of rotatable bonds is 8. The van der Waals surface area contributed by atoms with Crippen LogP contribution >= 0.6 is 0 Å². The Labute approximate surface area is 119 Å². The molecule has 1 heterocycles. The van der Waals surface area contributed by atoms with Crippen molar-refractivity contribution < 1.29 is 4.79 Å².